The topological polar surface area (TPSA) is 0 Å². The summed E-state index contributed by atoms with van der Waals surface area (Å²) in [5.41, 5.74) is 3.29. The molecule has 0 amide bonds. The molecule has 4 heteroatoms. The Morgan fingerprint density at radius 2 is 2.50 bits per heavy atom. The van der Waals surface area contributed by atoms with Gasteiger partial charge in [0, 0.05) is 18.6 Å². The van der Waals surface area contributed by atoms with Gasteiger partial charge in [0.15, 0.2) is 0 Å². The second-order valence-electron chi connectivity index (χ2n) is 1.88. The molecule has 0 saturated carbocycles. The van der Waals surface area contributed by atoms with E-state index in [4.69, 9.17) is 11.1 Å². The maximum atomic E-state index is 5.95. The molecule has 6 heavy (non-hydrogen) atoms. The van der Waals surface area contributed by atoms with Gasteiger partial charge in [-0.3, -0.25) is 0 Å². The average molecular weight is 153 g/mol. The smallest absolute Gasteiger partial charge is 0.121 e. The van der Waals surface area contributed by atoms with Crippen molar-refractivity contribution in [2.45, 2.75) is 11.3 Å². The Bertz CT molecular complexity index is 42.1. The van der Waals surface area contributed by atoms with E-state index >= 15 is 0 Å². The van der Waals surface area contributed by atoms with Crippen molar-refractivity contribution in [3.8, 4) is 0 Å². The fourth-order valence-corrected chi connectivity index (χ4v) is 27.8. The summed E-state index contributed by atoms with van der Waals surface area (Å²) in [4.78, 5) is 0. The minimum absolute atomic E-state index is 0.377. The van der Waals surface area contributed by atoms with E-state index in [9.17, 15) is 0 Å². The first kappa shape index (κ1) is 5.08. The Morgan fingerprint density at radius 3 is 2.67 bits per heavy atom. The fraction of sp³-hybridized carbons (Fsp3) is 1.00. The molecule has 0 bridgehead atoms. The van der Waals surface area contributed by atoms with Crippen LogP contribution in [0, 0.1) is 0 Å². The third-order valence-corrected chi connectivity index (χ3v) is 22.8. The molecule has 1 aliphatic heterocycles. The van der Waals surface area contributed by atoms with E-state index in [1.54, 1.807) is 11.3 Å². The molecule has 0 nitrogen and oxygen atoms in total. The average Bonchev–Trinajstić information content (AvgIpc) is 1.86. The summed E-state index contributed by atoms with van der Waals surface area (Å²) >= 11 is 5.95. The van der Waals surface area contributed by atoms with Gasteiger partial charge in [0.2, 0.25) is 0 Å². The molecular weight excluding hydrogens is 144 g/mol. The molecule has 0 aromatic rings. The van der Waals surface area contributed by atoms with Crippen LogP contribution in [0.1, 0.15) is 0 Å². The molecule has 36 valence electrons. The van der Waals surface area contributed by atoms with E-state index in [1.165, 1.54) is 0 Å². The molecule has 1 aliphatic rings. The van der Waals surface area contributed by atoms with E-state index in [1.807, 2.05) is 0 Å². The van der Waals surface area contributed by atoms with Gasteiger partial charge in [-0.2, -0.15) is 11.1 Å². The zero-order chi connectivity index (χ0) is 4.41. The van der Waals surface area contributed by atoms with Crippen LogP contribution >= 0.6 is 11.1 Å². The van der Waals surface area contributed by atoms with Crippen molar-refractivity contribution in [3.63, 3.8) is 0 Å². The standard InChI is InChI=1S/C2H9ClSi3/c3-6-2-4-1-5-6/h6H,1-2,4-5H2. The van der Waals surface area contributed by atoms with Crippen LogP contribution < -0.4 is 0 Å². The molecule has 1 atom stereocenters. The third-order valence-electron chi connectivity index (χ3n) is 1.28. The van der Waals surface area contributed by atoms with Crippen molar-refractivity contribution in [3.05, 3.63) is 0 Å². The monoisotopic (exact) mass is 152 g/mol. The number of hydrogen-bond donors (Lipinski definition) is 0. The summed E-state index contributed by atoms with van der Waals surface area (Å²) in [6.45, 7) is 0. The van der Waals surface area contributed by atoms with Crippen LogP contribution in [0.4, 0.5) is 0 Å². The predicted molar refractivity (Wildman–Crippen MR) is 39.7 cm³/mol. The lowest BCUT2D eigenvalue weighted by atomic mass is 11.8. The molecule has 0 aromatic heterocycles. The van der Waals surface area contributed by atoms with E-state index in [0.717, 1.165) is 0 Å². The third kappa shape index (κ3) is 1.22. The molecule has 1 saturated heterocycles. The fourth-order valence-electron chi connectivity index (χ4n) is 0.876. The highest BCUT2D eigenvalue weighted by Crippen LogP contribution is 2.04. The lowest BCUT2D eigenvalue weighted by Crippen LogP contribution is -2.03. The summed E-state index contributed by atoms with van der Waals surface area (Å²) in [5.74, 6) is 0. The second-order valence-corrected chi connectivity index (χ2v) is 17.6. The molecule has 1 fully saturated rings. The maximum absolute atomic E-state index is 5.95. The molecule has 0 radical (unpaired) electrons. The minimum atomic E-state index is -0.377. The van der Waals surface area contributed by atoms with E-state index < -0.39 is 0 Å². The quantitative estimate of drug-likeness (QED) is 0.313. The van der Waals surface area contributed by atoms with Crippen LogP contribution in [0.5, 0.6) is 0 Å². The Morgan fingerprint density at radius 1 is 1.67 bits per heavy atom. The lowest BCUT2D eigenvalue weighted by Gasteiger charge is -1.84. The van der Waals surface area contributed by atoms with Gasteiger partial charge in [0.1, 0.15) is 7.62 Å². The lowest BCUT2D eigenvalue weighted by molar-refractivity contribution is 1.95. The zero-order valence-electron chi connectivity index (χ0n) is 3.78. The van der Waals surface area contributed by atoms with Gasteiger partial charge in [-0.25, -0.2) is 0 Å². The van der Waals surface area contributed by atoms with Crippen LogP contribution in [-0.2, 0) is 0 Å². The minimum Gasteiger partial charge on any atom is -0.176 e. The van der Waals surface area contributed by atoms with Crippen LogP contribution in [0.15, 0.2) is 0 Å². The van der Waals surface area contributed by atoms with Crippen LogP contribution in [0.25, 0.3) is 0 Å². The van der Waals surface area contributed by atoms with E-state index in [0.29, 0.717) is 18.6 Å². The van der Waals surface area contributed by atoms with Gasteiger partial charge >= 0.3 is 0 Å². The summed E-state index contributed by atoms with van der Waals surface area (Å²) in [5, 5.41) is 0. The zero-order valence-corrected chi connectivity index (χ0v) is 8.52. The summed E-state index contributed by atoms with van der Waals surface area (Å²) in [6.07, 6.45) is 0. The SMILES string of the molecule is Cl[SiH]1C[SiH2]C[SiH2]1. The number of halogens is 1. The Balaban J connectivity index is 2.18. The largest absolute Gasteiger partial charge is 0.176 e. The Kier molecular flexibility index (Phi) is 1.95. The highest BCUT2D eigenvalue weighted by Gasteiger charge is 2.13. The number of hydrogen-bond acceptors (Lipinski definition) is 0. The van der Waals surface area contributed by atoms with Gasteiger partial charge in [0.25, 0.3) is 0 Å². The molecular formula is C2H9ClSi3. The number of rotatable bonds is 0. The second kappa shape index (κ2) is 2.30. The van der Waals surface area contributed by atoms with E-state index in [2.05, 4.69) is 0 Å². The van der Waals surface area contributed by atoms with E-state index in [-0.39, 0.29) is 7.62 Å². The maximum Gasteiger partial charge on any atom is 0.121 e. The molecule has 1 unspecified atom stereocenters. The van der Waals surface area contributed by atoms with Crippen molar-refractivity contribution in [2.24, 2.45) is 0 Å². The Labute approximate surface area is 49.0 Å². The first-order chi connectivity index (χ1) is 2.89. The van der Waals surface area contributed by atoms with Crippen molar-refractivity contribution in [1.82, 2.24) is 0 Å². The predicted octanol–water partition coefficient (Wildman–Crippen LogP) is -0.870. The van der Waals surface area contributed by atoms with Gasteiger partial charge < -0.3 is 0 Å². The van der Waals surface area contributed by atoms with Crippen molar-refractivity contribution in [1.29, 1.82) is 0 Å². The summed E-state index contributed by atoms with van der Waals surface area (Å²) < 4.78 is 0. The van der Waals surface area contributed by atoms with Gasteiger partial charge in [0.05, 0.1) is 0 Å². The normalized spacial score (nSPS) is 42.5. The first-order valence-corrected chi connectivity index (χ1v) is 11.4. The highest BCUT2D eigenvalue weighted by molar-refractivity contribution is 7.41. The van der Waals surface area contributed by atoms with Gasteiger partial charge in [-0.05, 0) is 0 Å². The molecule has 0 aliphatic carbocycles. The van der Waals surface area contributed by atoms with Crippen molar-refractivity contribution < 1.29 is 0 Å². The van der Waals surface area contributed by atoms with Crippen LogP contribution in [0.3, 0.4) is 0 Å². The van der Waals surface area contributed by atoms with Gasteiger partial charge in [-0.15, -0.1) is 0 Å². The molecule has 0 aromatic carbocycles. The molecule has 0 N–H and O–H groups in total. The van der Waals surface area contributed by atoms with Crippen LogP contribution in [-0.4, -0.2) is 26.2 Å². The van der Waals surface area contributed by atoms with Crippen LogP contribution in [0.2, 0.25) is 11.3 Å². The summed E-state index contributed by atoms with van der Waals surface area (Å²) in [7, 11) is 0.544. The highest BCUT2D eigenvalue weighted by atomic mass is 35.6. The molecule has 1 rings (SSSR count). The molecule has 1 heterocycles. The Hall–Kier alpha value is 0.941. The first-order valence-electron chi connectivity index (χ1n) is 2.53. The molecule has 0 spiro atoms. The summed E-state index contributed by atoms with van der Waals surface area (Å²) in [6, 6.07) is 0. The van der Waals surface area contributed by atoms with Gasteiger partial charge in [-0.1, -0.05) is 11.3 Å². The van der Waals surface area contributed by atoms with Crippen molar-refractivity contribution in [2.75, 3.05) is 0 Å². The van der Waals surface area contributed by atoms with Crippen molar-refractivity contribution >= 4 is 37.3 Å².